The molecule has 2 rings (SSSR count). The van der Waals surface area contributed by atoms with Crippen LogP contribution in [0.2, 0.25) is 0 Å². The number of hydrogen-bond acceptors (Lipinski definition) is 5. The molecule has 0 aliphatic carbocycles. The van der Waals surface area contributed by atoms with Gasteiger partial charge in [0, 0.05) is 6.92 Å². The average molecular weight is 288 g/mol. The molecular formula is C15H16N2O4. The van der Waals surface area contributed by atoms with E-state index in [1.807, 2.05) is 6.92 Å². The molecule has 0 bridgehead atoms. The number of aromatic nitrogens is 1. The number of oxazole rings is 1. The molecule has 21 heavy (non-hydrogen) atoms. The van der Waals surface area contributed by atoms with E-state index in [1.54, 1.807) is 32.0 Å². The lowest BCUT2D eigenvalue weighted by molar-refractivity contribution is 0.0602. The lowest BCUT2D eigenvalue weighted by atomic mass is 10.1. The number of rotatable bonds is 3. The Morgan fingerprint density at radius 3 is 2.52 bits per heavy atom. The second-order valence-electron chi connectivity index (χ2n) is 4.64. The standard InChI is InChI=1S/C15H16N2O4/c1-8-5-6-12(11(7-8)15(19)20-4)17-14(18)13-9(2)16-10(3)21-13/h5-7H,1-4H3,(H,17,18). The van der Waals surface area contributed by atoms with Crippen molar-refractivity contribution in [2.75, 3.05) is 12.4 Å². The van der Waals surface area contributed by atoms with Crippen LogP contribution < -0.4 is 5.32 Å². The molecular weight excluding hydrogens is 272 g/mol. The number of aryl methyl sites for hydroxylation is 3. The molecule has 1 aromatic carbocycles. The Labute approximate surface area is 122 Å². The van der Waals surface area contributed by atoms with Crippen LogP contribution >= 0.6 is 0 Å². The summed E-state index contributed by atoms with van der Waals surface area (Å²) in [7, 11) is 1.29. The molecule has 1 heterocycles. The van der Waals surface area contributed by atoms with Crippen LogP contribution in [0.1, 0.15) is 38.1 Å². The summed E-state index contributed by atoms with van der Waals surface area (Å²) in [4.78, 5) is 28.0. The van der Waals surface area contributed by atoms with Crippen LogP contribution in [0.3, 0.4) is 0 Å². The van der Waals surface area contributed by atoms with Gasteiger partial charge in [-0.3, -0.25) is 4.79 Å². The van der Waals surface area contributed by atoms with Gasteiger partial charge in [0.25, 0.3) is 5.91 Å². The van der Waals surface area contributed by atoms with Gasteiger partial charge in [-0.15, -0.1) is 0 Å². The minimum atomic E-state index is -0.514. The molecule has 0 aliphatic rings. The van der Waals surface area contributed by atoms with Gasteiger partial charge in [0.05, 0.1) is 24.1 Å². The van der Waals surface area contributed by atoms with Crippen molar-refractivity contribution < 1.29 is 18.7 Å². The van der Waals surface area contributed by atoms with Crippen LogP contribution in [-0.4, -0.2) is 24.0 Å². The van der Waals surface area contributed by atoms with Crippen LogP contribution in [0, 0.1) is 20.8 Å². The third-order valence-corrected chi connectivity index (χ3v) is 2.94. The number of nitrogens with zero attached hydrogens (tertiary/aromatic N) is 1. The number of methoxy groups -OCH3 is 1. The molecule has 110 valence electrons. The smallest absolute Gasteiger partial charge is 0.339 e. The van der Waals surface area contributed by atoms with Gasteiger partial charge in [-0.25, -0.2) is 9.78 Å². The first-order valence-corrected chi connectivity index (χ1v) is 6.36. The Morgan fingerprint density at radius 2 is 1.95 bits per heavy atom. The van der Waals surface area contributed by atoms with E-state index in [2.05, 4.69) is 10.3 Å². The Balaban J connectivity index is 2.33. The number of carbonyl (C=O) groups is 2. The van der Waals surface area contributed by atoms with Gasteiger partial charge in [-0.1, -0.05) is 11.6 Å². The zero-order valence-corrected chi connectivity index (χ0v) is 12.3. The highest BCUT2D eigenvalue weighted by Gasteiger charge is 2.19. The van der Waals surface area contributed by atoms with Crippen LogP contribution in [0.15, 0.2) is 22.6 Å². The highest BCUT2D eigenvalue weighted by atomic mass is 16.5. The predicted molar refractivity (Wildman–Crippen MR) is 76.4 cm³/mol. The van der Waals surface area contributed by atoms with E-state index in [9.17, 15) is 9.59 Å². The molecule has 0 unspecified atom stereocenters. The van der Waals surface area contributed by atoms with Crippen molar-refractivity contribution in [2.45, 2.75) is 20.8 Å². The molecule has 0 saturated heterocycles. The van der Waals surface area contributed by atoms with Crippen molar-refractivity contribution in [1.29, 1.82) is 0 Å². The second-order valence-corrected chi connectivity index (χ2v) is 4.64. The van der Waals surface area contributed by atoms with E-state index in [4.69, 9.17) is 9.15 Å². The number of ether oxygens (including phenoxy) is 1. The van der Waals surface area contributed by atoms with Crippen molar-refractivity contribution in [2.24, 2.45) is 0 Å². The Bertz CT molecular complexity index is 704. The van der Waals surface area contributed by atoms with Gasteiger partial charge in [0.1, 0.15) is 0 Å². The summed E-state index contributed by atoms with van der Waals surface area (Å²) in [6.07, 6.45) is 0. The number of hydrogen-bond donors (Lipinski definition) is 1. The number of benzene rings is 1. The highest BCUT2D eigenvalue weighted by Crippen LogP contribution is 2.20. The number of esters is 1. The van der Waals surface area contributed by atoms with E-state index < -0.39 is 11.9 Å². The normalized spacial score (nSPS) is 10.3. The van der Waals surface area contributed by atoms with Crippen LogP contribution in [0.5, 0.6) is 0 Å². The molecule has 0 aliphatic heterocycles. The molecule has 0 spiro atoms. The van der Waals surface area contributed by atoms with Crippen LogP contribution in [0.25, 0.3) is 0 Å². The topological polar surface area (TPSA) is 81.4 Å². The van der Waals surface area contributed by atoms with Crippen molar-refractivity contribution in [3.05, 3.63) is 46.7 Å². The lowest BCUT2D eigenvalue weighted by Crippen LogP contribution is -2.16. The SMILES string of the molecule is COC(=O)c1cc(C)ccc1NC(=O)c1oc(C)nc1C. The zero-order chi connectivity index (χ0) is 15.6. The van der Waals surface area contributed by atoms with E-state index in [0.29, 0.717) is 22.8 Å². The van der Waals surface area contributed by atoms with Gasteiger partial charge >= 0.3 is 5.97 Å². The average Bonchev–Trinajstić information content (AvgIpc) is 2.78. The number of nitrogens with one attached hydrogen (secondary N) is 1. The molecule has 0 fully saturated rings. The number of carbonyl (C=O) groups excluding carboxylic acids is 2. The molecule has 1 aromatic heterocycles. The highest BCUT2D eigenvalue weighted by molar-refractivity contribution is 6.07. The third-order valence-electron chi connectivity index (χ3n) is 2.94. The zero-order valence-electron chi connectivity index (χ0n) is 12.3. The lowest BCUT2D eigenvalue weighted by Gasteiger charge is -2.09. The summed E-state index contributed by atoms with van der Waals surface area (Å²) in [6, 6.07) is 5.10. The summed E-state index contributed by atoms with van der Waals surface area (Å²) in [5.74, 6) is -0.430. The van der Waals surface area contributed by atoms with E-state index in [-0.39, 0.29) is 5.76 Å². The molecule has 0 saturated carbocycles. The first kappa shape index (κ1) is 14.8. The summed E-state index contributed by atoms with van der Waals surface area (Å²) < 4.78 is 9.98. The molecule has 1 amide bonds. The van der Waals surface area contributed by atoms with Gasteiger partial charge in [0.15, 0.2) is 5.89 Å². The van der Waals surface area contributed by atoms with Crippen LogP contribution in [-0.2, 0) is 4.74 Å². The van der Waals surface area contributed by atoms with Gasteiger partial charge < -0.3 is 14.5 Å². The maximum absolute atomic E-state index is 12.2. The van der Waals surface area contributed by atoms with Crippen molar-refractivity contribution in [3.8, 4) is 0 Å². The third kappa shape index (κ3) is 3.10. The Kier molecular flexibility index (Phi) is 4.07. The molecule has 1 N–H and O–H groups in total. The van der Waals surface area contributed by atoms with Gasteiger partial charge in [0.2, 0.25) is 5.76 Å². The predicted octanol–water partition coefficient (Wildman–Crippen LogP) is 2.64. The molecule has 0 atom stereocenters. The first-order chi connectivity index (χ1) is 9.92. The molecule has 0 radical (unpaired) electrons. The van der Waals surface area contributed by atoms with Crippen LogP contribution in [0.4, 0.5) is 5.69 Å². The summed E-state index contributed by atoms with van der Waals surface area (Å²) in [5, 5.41) is 2.65. The summed E-state index contributed by atoms with van der Waals surface area (Å²) in [6.45, 7) is 5.19. The second kappa shape index (κ2) is 5.78. The van der Waals surface area contributed by atoms with Gasteiger partial charge in [-0.05, 0) is 26.0 Å². The number of amides is 1. The first-order valence-electron chi connectivity index (χ1n) is 6.36. The fourth-order valence-electron chi connectivity index (χ4n) is 1.97. The fourth-order valence-corrected chi connectivity index (χ4v) is 1.97. The maximum atomic E-state index is 12.2. The van der Waals surface area contributed by atoms with E-state index >= 15 is 0 Å². The number of anilines is 1. The monoisotopic (exact) mass is 288 g/mol. The summed E-state index contributed by atoms with van der Waals surface area (Å²) >= 11 is 0. The Hall–Kier alpha value is -2.63. The van der Waals surface area contributed by atoms with E-state index in [0.717, 1.165) is 5.56 Å². The quantitative estimate of drug-likeness (QED) is 0.878. The maximum Gasteiger partial charge on any atom is 0.339 e. The van der Waals surface area contributed by atoms with E-state index in [1.165, 1.54) is 7.11 Å². The molecule has 6 nitrogen and oxygen atoms in total. The van der Waals surface area contributed by atoms with Crippen molar-refractivity contribution >= 4 is 17.6 Å². The van der Waals surface area contributed by atoms with Crippen molar-refractivity contribution in [3.63, 3.8) is 0 Å². The summed E-state index contributed by atoms with van der Waals surface area (Å²) in [5.41, 5.74) is 2.04. The fraction of sp³-hybridized carbons (Fsp3) is 0.267. The van der Waals surface area contributed by atoms with Crippen molar-refractivity contribution in [1.82, 2.24) is 4.98 Å². The largest absolute Gasteiger partial charge is 0.465 e. The Morgan fingerprint density at radius 1 is 1.24 bits per heavy atom. The minimum absolute atomic E-state index is 0.129. The van der Waals surface area contributed by atoms with Gasteiger partial charge in [-0.2, -0.15) is 0 Å². The molecule has 6 heteroatoms. The molecule has 2 aromatic rings. The minimum Gasteiger partial charge on any atom is -0.465 e.